The lowest BCUT2D eigenvalue weighted by Gasteiger charge is -2.19. The van der Waals surface area contributed by atoms with Crippen LogP contribution in [0.4, 0.5) is 0 Å². The second-order valence-electron chi connectivity index (χ2n) is 6.95. The van der Waals surface area contributed by atoms with Crippen LogP contribution in [-0.4, -0.2) is 40.8 Å². The van der Waals surface area contributed by atoms with Gasteiger partial charge in [0, 0.05) is 33.4 Å². The van der Waals surface area contributed by atoms with Crippen molar-refractivity contribution in [2.45, 2.75) is 50.7 Å². The number of ether oxygens (including phenoxy) is 1. The van der Waals surface area contributed by atoms with E-state index in [0.717, 1.165) is 19.3 Å². The molecule has 4 rings (SSSR count). The summed E-state index contributed by atoms with van der Waals surface area (Å²) in [5.41, 5.74) is 2.82. The highest BCUT2D eigenvalue weighted by atomic mass is 16.5. The SMILES string of the molecule is CO[C@H]1C[C@H](c2nnc(CC3CCc4ccccc43)o2)N(C(C)=O)C1. The molecule has 25 heavy (non-hydrogen) atoms. The van der Waals surface area contributed by atoms with Gasteiger partial charge in [0.25, 0.3) is 0 Å². The standard InChI is InChI=1S/C19H23N3O3/c1-12(23)22-11-15(24-2)10-17(22)19-21-20-18(25-19)9-14-8-7-13-5-3-4-6-16(13)14/h3-6,14-15,17H,7-11H2,1-2H3/t14?,15-,17+/m0/s1. The van der Waals surface area contributed by atoms with Gasteiger partial charge in [-0.1, -0.05) is 24.3 Å². The molecule has 0 N–H and O–H groups in total. The molecule has 2 aromatic rings. The molecule has 0 spiro atoms. The molecular formula is C19H23N3O3. The molecular weight excluding hydrogens is 318 g/mol. The molecule has 132 valence electrons. The van der Waals surface area contributed by atoms with E-state index in [1.165, 1.54) is 11.1 Å². The third-order valence-corrected chi connectivity index (χ3v) is 5.45. The highest BCUT2D eigenvalue weighted by molar-refractivity contribution is 5.74. The number of benzene rings is 1. The van der Waals surface area contributed by atoms with E-state index in [0.29, 0.717) is 30.7 Å². The maximum atomic E-state index is 11.9. The lowest BCUT2D eigenvalue weighted by molar-refractivity contribution is -0.130. The quantitative estimate of drug-likeness (QED) is 0.855. The van der Waals surface area contributed by atoms with Crippen molar-refractivity contribution in [1.29, 1.82) is 0 Å². The van der Waals surface area contributed by atoms with Crippen LogP contribution in [-0.2, 0) is 22.4 Å². The van der Waals surface area contributed by atoms with E-state index in [-0.39, 0.29) is 18.1 Å². The van der Waals surface area contributed by atoms with Crippen LogP contribution in [0.5, 0.6) is 0 Å². The molecule has 1 aliphatic carbocycles. The average molecular weight is 341 g/mol. The monoisotopic (exact) mass is 341 g/mol. The average Bonchev–Trinajstić information content (AvgIpc) is 3.33. The van der Waals surface area contributed by atoms with E-state index < -0.39 is 0 Å². The smallest absolute Gasteiger partial charge is 0.239 e. The number of carbonyl (C=O) groups excluding carboxylic acids is 1. The number of carbonyl (C=O) groups is 1. The van der Waals surface area contributed by atoms with Gasteiger partial charge in [0.2, 0.25) is 17.7 Å². The number of aryl methyl sites for hydroxylation is 1. The molecule has 2 aliphatic rings. The van der Waals surface area contributed by atoms with E-state index in [4.69, 9.17) is 9.15 Å². The second kappa shape index (κ2) is 6.59. The van der Waals surface area contributed by atoms with Crippen molar-refractivity contribution in [2.75, 3.05) is 13.7 Å². The van der Waals surface area contributed by atoms with Gasteiger partial charge in [0.15, 0.2) is 0 Å². The number of likely N-dealkylation sites (tertiary alicyclic amines) is 1. The summed E-state index contributed by atoms with van der Waals surface area (Å²) in [6, 6.07) is 8.39. The van der Waals surface area contributed by atoms with Crippen molar-refractivity contribution in [3.05, 3.63) is 47.2 Å². The van der Waals surface area contributed by atoms with Crippen molar-refractivity contribution < 1.29 is 13.9 Å². The van der Waals surface area contributed by atoms with Crippen LogP contribution >= 0.6 is 0 Å². The molecule has 1 aliphatic heterocycles. The largest absolute Gasteiger partial charge is 0.423 e. The maximum absolute atomic E-state index is 11.9. The zero-order valence-electron chi connectivity index (χ0n) is 14.6. The van der Waals surface area contributed by atoms with Crippen LogP contribution in [0.3, 0.4) is 0 Å². The minimum atomic E-state index is -0.181. The lowest BCUT2D eigenvalue weighted by atomic mass is 9.98. The van der Waals surface area contributed by atoms with Crippen molar-refractivity contribution in [2.24, 2.45) is 0 Å². The van der Waals surface area contributed by atoms with Crippen molar-refractivity contribution in [3.8, 4) is 0 Å². The Kier molecular flexibility index (Phi) is 4.29. The predicted molar refractivity (Wildman–Crippen MR) is 91.0 cm³/mol. The normalized spacial score (nSPS) is 25.4. The van der Waals surface area contributed by atoms with E-state index >= 15 is 0 Å². The first-order chi connectivity index (χ1) is 12.2. The van der Waals surface area contributed by atoms with Gasteiger partial charge in [-0.25, -0.2) is 0 Å². The number of methoxy groups -OCH3 is 1. The highest BCUT2D eigenvalue weighted by Gasteiger charge is 2.38. The summed E-state index contributed by atoms with van der Waals surface area (Å²) >= 11 is 0. The second-order valence-corrected chi connectivity index (χ2v) is 6.95. The van der Waals surface area contributed by atoms with Gasteiger partial charge >= 0.3 is 0 Å². The summed E-state index contributed by atoms with van der Waals surface area (Å²) in [6.45, 7) is 2.14. The van der Waals surface area contributed by atoms with Crippen LogP contribution in [0.2, 0.25) is 0 Å². The first-order valence-corrected chi connectivity index (χ1v) is 8.85. The fourth-order valence-electron chi connectivity index (χ4n) is 4.10. The molecule has 3 atom stereocenters. The Bertz CT molecular complexity index is 773. The van der Waals surface area contributed by atoms with E-state index in [1.54, 1.807) is 18.9 Å². The first kappa shape index (κ1) is 16.3. The number of hydrogen-bond donors (Lipinski definition) is 0. The van der Waals surface area contributed by atoms with Crippen molar-refractivity contribution in [1.82, 2.24) is 15.1 Å². The highest BCUT2D eigenvalue weighted by Crippen LogP contribution is 2.36. The fraction of sp³-hybridized carbons (Fsp3) is 0.526. The molecule has 6 nitrogen and oxygen atoms in total. The molecule has 1 amide bonds. The molecule has 1 saturated heterocycles. The van der Waals surface area contributed by atoms with E-state index in [9.17, 15) is 4.79 Å². The molecule has 2 heterocycles. The summed E-state index contributed by atoms with van der Waals surface area (Å²) in [7, 11) is 1.67. The van der Waals surface area contributed by atoms with Crippen LogP contribution in [0.1, 0.15) is 54.6 Å². The predicted octanol–water partition coefficient (Wildman–Crippen LogP) is 2.65. The number of nitrogens with zero attached hydrogens (tertiary/aromatic N) is 3. The molecule has 0 bridgehead atoms. The van der Waals surface area contributed by atoms with Gasteiger partial charge < -0.3 is 14.1 Å². The van der Waals surface area contributed by atoms with Crippen LogP contribution in [0, 0.1) is 0 Å². The van der Waals surface area contributed by atoms with Crippen LogP contribution < -0.4 is 0 Å². The number of aromatic nitrogens is 2. The molecule has 1 aromatic carbocycles. The molecule has 1 aromatic heterocycles. The molecule has 1 fully saturated rings. The molecule has 1 unspecified atom stereocenters. The van der Waals surface area contributed by atoms with Crippen molar-refractivity contribution >= 4 is 5.91 Å². The number of amides is 1. The maximum Gasteiger partial charge on any atom is 0.239 e. The molecule has 6 heteroatoms. The number of fused-ring (bicyclic) bond motifs is 1. The van der Waals surface area contributed by atoms with Gasteiger partial charge in [-0.2, -0.15) is 0 Å². The topological polar surface area (TPSA) is 68.5 Å². The van der Waals surface area contributed by atoms with Gasteiger partial charge in [0.1, 0.15) is 6.04 Å². The zero-order valence-corrected chi connectivity index (χ0v) is 14.6. The summed E-state index contributed by atoms with van der Waals surface area (Å²) in [4.78, 5) is 13.7. The van der Waals surface area contributed by atoms with Crippen molar-refractivity contribution in [3.63, 3.8) is 0 Å². The van der Waals surface area contributed by atoms with Gasteiger partial charge in [-0.3, -0.25) is 4.79 Å². The zero-order chi connectivity index (χ0) is 17.4. The minimum Gasteiger partial charge on any atom is -0.423 e. The van der Waals surface area contributed by atoms with E-state index in [1.807, 2.05) is 0 Å². The number of rotatable bonds is 4. The third-order valence-electron chi connectivity index (χ3n) is 5.45. The van der Waals surface area contributed by atoms with Gasteiger partial charge in [-0.05, 0) is 29.9 Å². The van der Waals surface area contributed by atoms with Gasteiger partial charge in [0.05, 0.1) is 6.10 Å². The van der Waals surface area contributed by atoms with Crippen LogP contribution in [0.25, 0.3) is 0 Å². The Morgan fingerprint density at radius 2 is 2.20 bits per heavy atom. The summed E-state index contributed by atoms with van der Waals surface area (Å²) in [6.07, 6.45) is 3.70. The molecule has 0 saturated carbocycles. The lowest BCUT2D eigenvalue weighted by Crippen LogP contribution is -2.29. The Labute approximate surface area is 147 Å². The minimum absolute atomic E-state index is 0.00835. The Morgan fingerprint density at radius 1 is 1.36 bits per heavy atom. The number of hydrogen-bond acceptors (Lipinski definition) is 5. The van der Waals surface area contributed by atoms with Gasteiger partial charge in [-0.15, -0.1) is 10.2 Å². The van der Waals surface area contributed by atoms with E-state index in [2.05, 4.69) is 34.5 Å². The fourth-order valence-corrected chi connectivity index (χ4v) is 4.10. The first-order valence-electron chi connectivity index (χ1n) is 8.85. The Balaban J connectivity index is 1.50. The molecule has 0 radical (unpaired) electrons. The summed E-state index contributed by atoms with van der Waals surface area (Å²) in [5, 5.41) is 8.48. The Hall–Kier alpha value is -2.21. The third kappa shape index (κ3) is 3.06. The summed E-state index contributed by atoms with van der Waals surface area (Å²) in [5.74, 6) is 1.62. The Morgan fingerprint density at radius 3 is 3.00 bits per heavy atom. The van der Waals surface area contributed by atoms with Crippen LogP contribution in [0.15, 0.2) is 28.7 Å². The summed E-state index contributed by atoms with van der Waals surface area (Å²) < 4.78 is 11.4.